The quantitative estimate of drug-likeness (QED) is 0.195. The molecule has 0 amide bonds. The minimum Gasteiger partial charge on any atom is -0.487 e. The van der Waals surface area contributed by atoms with Gasteiger partial charge in [0, 0.05) is 17.8 Å². The van der Waals surface area contributed by atoms with Crippen molar-refractivity contribution >= 4 is 0 Å². The first kappa shape index (κ1) is 29.3. The van der Waals surface area contributed by atoms with E-state index in [1.807, 2.05) is 18.3 Å². The average molecular weight is 520 g/mol. The lowest BCUT2D eigenvalue weighted by Crippen LogP contribution is -2.19. The van der Waals surface area contributed by atoms with Gasteiger partial charge >= 0.3 is 0 Å². The van der Waals surface area contributed by atoms with Gasteiger partial charge < -0.3 is 9.47 Å². The maximum Gasteiger partial charge on any atom is 0.213 e. The molecule has 2 aromatic rings. The van der Waals surface area contributed by atoms with E-state index in [2.05, 4.69) is 18.8 Å². The molecule has 206 valence electrons. The van der Waals surface area contributed by atoms with E-state index < -0.39 is 17.8 Å². The Balaban J connectivity index is 1.54. The summed E-state index contributed by atoms with van der Waals surface area (Å²) in [5.41, 5.74) is 2.45. The molecule has 0 bridgehead atoms. The summed E-state index contributed by atoms with van der Waals surface area (Å²) in [5.74, 6) is -1.29. The largest absolute Gasteiger partial charge is 0.487 e. The van der Waals surface area contributed by atoms with Crippen LogP contribution < -0.4 is 9.47 Å². The number of fused-ring (bicyclic) bond motifs is 1. The Morgan fingerprint density at radius 3 is 2.41 bits per heavy atom. The molecule has 1 aliphatic carbocycles. The van der Waals surface area contributed by atoms with Crippen molar-refractivity contribution in [2.75, 3.05) is 13.2 Å². The molecule has 0 saturated carbocycles. The van der Waals surface area contributed by atoms with E-state index in [-0.39, 0.29) is 18.3 Å². The molecule has 0 N–H and O–H groups in total. The summed E-state index contributed by atoms with van der Waals surface area (Å²) in [6.45, 7) is 4.77. The fourth-order valence-corrected chi connectivity index (χ4v) is 5.09. The SMILES string of the molecule is CCCCCCCC[C@@H](F)COc1c(F)c(F)cc2c1CCC(c1ccc(OCCCCCC)nc1)C2. The van der Waals surface area contributed by atoms with E-state index in [0.717, 1.165) is 49.7 Å². The van der Waals surface area contributed by atoms with Crippen LogP contribution >= 0.6 is 0 Å². The summed E-state index contributed by atoms with van der Waals surface area (Å²) in [6, 6.07) is 5.17. The van der Waals surface area contributed by atoms with E-state index in [9.17, 15) is 13.2 Å². The molecule has 1 aromatic heterocycles. The molecule has 6 heteroatoms. The summed E-state index contributed by atoms with van der Waals surface area (Å²) in [7, 11) is 0. The predicted molar refractivity (Wildman–Crippen MR) is 143 cm³/mol. The Morgan fingerprint density at radius 1 is 0.946 bits per heavy atom. The summed E-state index contributed by atoms with van der Waals surface area (Å²) in [4.78, 5) is 4.45. The molecule has 3 nitrogen and oxygen atoms in total. The highest BCUT2D eigenvalue weighted by molar-refractivity contribution is 5.45. The molecule has 0 spiro atoms. The van der Waals surface area contributed by atoms with Crippen molar-refractivity contribution in [3.63, 3.8) is 0 Å². The number of hydrogen-bond acceptors (Lipinski definition) is 3. The molecule has 1 aliphatic rings. The Bertz CT molecular complexity index is 935. The fraction of sp³-hybridized carbons (Fsp3) is 0.645. The normalized spacial score (nSPS) is 15.9. The number of aromatic nitrogens is 1. The molecular formula is C31H44F3NO2. The van der Waals surface area contributed by atoms with E-state index in [1.54, 1.807) is 0 Å². The van der Waals surface area contributed by atoms with E-state index in [0.29, 0.717) is 37.3 Å². The second-order valence-electron chi connectivity index (χ2n) is 10.4. The molecule has 0 fully saturated rings. The van der Waals surface area contributed by atoms with Crippen LogP contribution in [-0.4, -0.2) is 24.4 Å². The number of hydrogen-bond donors (Lipinski definition) is 0. The number of benzene rings is 1. The first-order valence-electron chi connectivity index (χ1n) is 14.4. The van der Waals surface area contributed by atoms with Crippen LogP contribution in [0.25, 0.3) is 0 Å². The van der Waals surface area contributed by atoms with Crippen LogP contribution in [0.5, 0.6) is 11.6 Å². The van der Waals surface area contributed by atoms with Crippen molar-refractivity contribution in [1.29, 1.82) is 0 Å². The van der Waals surface area contributed by atoms with Gasteiger partial charge in [-0.15, -0.1) is 0 Å². The topological polar surface area (TPSA) is 31.4 Å². The highest BCUT2D eigenvalue weighted by Crippen LogP contribution is 2.39. The van der Waals surface area contributed by atoms with Crippen LogP contribution in [0.4, 0.5) is 13.2 Å². The molecule has 2 atom stereocenters. The number of pyridine rings is 1. The van der Waals surface area contributed by atoms with Crippen LogP contribution in [0.1, 0.15) is 114 Å². The number of ether oxygens (including phenoxy) is 2. The van der Waals surface area contributed by atoms with Crippen LogP contribution in [0.2, 0.25) is 0 Å². The van der Waals surface area contributed by atoms with Gasteiger partial charge in [-0.3, -0.25) is 0 Å². The van der Waals surface area contributed by atoms with Gasteiger partial charge in [0.05, 0.1) is 6.61 Å². The van der Waals surface area contributed by atoms with Gasteiger partial charge in [0.15, 0.2) is 11.6 Å². The van der Waals surface area contributed by atoms with Gasteiger partial charge in [-0.2, -0.15) is 4.39 Å². The highest BCUT2D eigenvalue weighted by Gasteiger charge is 2.28. The number of unbranched alkanes of at least 4 members (excludes halogenated alkanes) is 8. The lowest BCUT2D eigenvalue weighted by Gasteiger charge is -2.27. The lowest BCUT2D eigenvalue weighted by atomic mass is 9.80. The zero-order chi connectivity index (χ0) is 26.5. The average Bonchev–Trinajstić information content (AvgIpc) is 2.91. The molecule has 37 heavy (non-hydrogen) atoms. The van der Waals surface area contributed by atoms with E-state index in [4.69, 9.17) is 9.47 Å². The lowest BCUT2D eigenvalue weighted by molar-refractivity contribution is 0.175. The molecule has 1 heterocycles. The van der Waals surface area contributed by atoms with Crippen LogP contribution in [0.15, 0.2) is 24.4 Å². The van der Waals surface area contributed by atoms with Crippen molar-refractivity contribution in [3.8, 4) is 11.6 Å². The maximum absolute atomic E-state index is 14.7. The van der Waals surface area contributed by atoms with Crippen molar-refractivity contribution in [1.82, 2.24) is 4.98 Å². The minimum absolute atomic E-state index is 0.107. The van der Waals surface area contributed by atoms with Gasteiger partial charge in [0.2, 0.25) is 11.7 Å². The van der Waals surface area contributed by atoms with Crippen molar-refractivity contribution < 1.29 is 22.6 Å². The molecule has 0 aliphatic heterocycles. The number of alkyl halides is 1. The van der Waals surface area contributed by atoms with Crippen LogP contribution in [0, 0.1) is 11.6 Å². The molecule has 0 radical (unpaired) electrons. The monoisotopic (exact) mass is 519 g/mol. The standard InChI is InChI=1S/C31H44F3NO2/c1-3-5-7-9-10-11-13-26(32)22-37-31-27-16-14-23(19-25(27)20-28(33)30(31)34)24-15-17-29(35-21-24)36-18-12-8-6-4-2/h15,17,20-21,23,26H,3-14,16,18-19,22H2,1-2H3/t23?,26-/m1/s1. The van der Waals surface area contributed by atoms with Gasteiger partial charge in [-0.1, -0.05) is 77.7 Å². The third-order valence-corrected chi connectivity index (χ3v) is 7.34. The third kappa shape index (κ3) is 9.22. The first-order valence-corrected chi connectivity index (χ1v) is 14.4. The second-order valence-corrected chi connectivity index (χ2v) is 10.4. The van der Waals surface area contributed by atoms with E-state index >= 15 is 0 Å². The first-order chi connectivity index (χ1) is 18.0. The van der Waals surface area contributed by atoms with Crippen molar-refractivity contribution in [2.45, 2.75) is 116 Å². The smallest absolute Gasteiger partial charge is 0.213 e. The van der Waals surface area contributed by atoms with Crippen molar-refractivity contribution in [2.24, 2.45) is 0 Å². The summed E-state index contributed by atoms with van der Waals surface area (Å²) < 4.78 is 54.8. The number of halogens is 3. The molecule has 1 aromatic carbocycles. The van der Waals surface area contributed by atoms with Gasteiger partial charge in [0.25, 0.3) is 0 Å². The van der Waals surface area contributed by atoms with Gasteiger partial charge in [0.1, 0.15) is 12.8 Å². The summed E-state index contributed by atoms with van der Waals surface area (Å²) in [6.07, 6.45) is 14.0. The van der Waals surface area contributed by atoms with Crippen LogP contribution in [-0.2, 0) is 12.8 Å². The molecule has 3 rings (SSSR count). The highest BCUT2D eigenvalue weighted by atomic mass is 19.2. The molecule has 0 saturated heterocycles. The Hall–Kier alpha value is -2.24. The molecule has 1 unspecified atom stereocenters. The van der Waals surface area contributed by atoms with Gasteiger partial charge in [-0.05, 0) is 55.2 Å². The van der Waals surface area contributed by atoms with Crippen molar-refractivity contribution in [3.05, 3.63) is 52.7 Å². The minimum atomic E-state index is -1.18. The van der Waals surface area contributed by atoms with Crippen LogP contribution in [0.3, 0.4) is 0 Å². The Morgan fingerprint density at radius 2 is 1.68 bits per heavy atom. The molecular weight excluding hydrogens is 475 g/mol. The number of nitrogens with zero attached hydrogens (tertiary/aromatic N) is 1. The predicted octanol–water partition coefficient (Wildman–Crippen LogP) is 9.06. The zero-order valence-electron chi connectivity index (χ0n) is 22.7. The number of rotatable bonds is 17. The Labute approximate surface area is 221 Å². The summed E-state index contributed by atoms with van der Waals surface area (Å²) >= 11 is 0. The maximum atomic E-state index is 14.7. The third-order valence-electron chi connectivity index (χ3n) is 7.34. The Kier molecular flexibility index (Phi) is 12.6. The van der Waals surface area contributed by atoms with Gasteiger partial charge in [-0.25, -0.2) is 13.8 Å². The zero-order valence-corrected chi connectivity index (χ0v) is 22.7. The summed E-state index contributed by atoms with van der Waals surface area (Å²) in [5, 5.41) is 0. The second kappa shape index (κ2) is 15.9. The van der Waals surface area contributed by atoms with E-state index in [1.165, 1.54) is 38.2 Å². The fourth-order valence-electron chi connectivity index (χ4n) is 5.09.